The highest BCUT2D eigenvalue weighted by Gasteiger charge is 2.01. The van der Waals surface area contributed by atoms with Gasteiger partial charge >= 0.3 is 0 Å². The summed E-state index contributed by atoms with van der Waals surface area (Å²) >= 11 is 0. The first kappa shape index (κ1) is 15.2. The summed E-state index contributed by atoms with van der Waals surface area (Å²) in [4.78, 5) is 2.36. The van der Waals surface area contributed by atoms with Crippen LogP contribution < -0.4 is 5.32 Å². The van der Waals surface area contributed by atoms with Crippen molar-refractivity contribution in [2.24, 2.45) is 5.92 Å². The third-order valence-corrected chi connectivity index (χ3v) is 3.04. The third kappa shape index (κ3) is 6.18. The molecule has 0 aromatic heterocycles. The van der Waals surface area contributed by atoms with Gasteiger partial charge in [-0.05, 0) is 37.1 Å². The van der Waals surface area contributed by atoms with Gasteiger partial charge in [-0.3, -0.25) is 0 Å². The summed E-state index contributed by atoms with van der Waals surface area (Å²) in [5, 5.41) is 3.35. The molecular weight excluding hydrogens is 220 g/mol. The first-order chi connectivity index (χ1) is 8.61. The van der Waals surface area contributed by atoms with Crippen LogP contribution in [0.3, 0.4) is 0 Å². The van der Waals surface area contributed by atoms with Crippen molar-refractivity contribution in [1.82, 2.24) is 10.2 Å². The minimum Gasteiger partial charge on any atom is -0.316 e. The van der Waals surface area contributed by atoms with Crippen molar-refractivity contribution < 1.29 is 0 Å². The first-order valence-corrected chi connectivity index (χ1v) is 7.09. The van der Waals surface area contributed by atoms with E-state index in [0.29, 0.717) is 0 Å². The molecular formula is C16H28N2. The summed E-state index contributed by atoms with van der Waals surface area (Å²) < 4.78 is 0. The number of hydrogen-bond donors (Lipinski definition) is 1. The molecule has 2 nitrogen and oxygen atoms in total. The minimum atomic E-state index is 0.735. The lowest BCUT2D eigenvalue weighted by atomic mass is 10.0. The van der Waals surface area contributed by atoms with Crippen LogP contribution in [0.1, 0.15) is 31.9 Å². The van der Waals surface area contributed by atoms with Gasteiger partial charge in [0.1, 0.15) is 0 Å². The van der Waals surface area contributed by atoms with Crippen molar-refractivity contribution in [2.45, 2.75) is 33.7 Å². The molecule has 0 radical (unpaired) electrons. The number of likely N-dealkylation sites (N-methyl/N-ethyl adjacent to an activating group) is 2. The van der Waals surface area contributed by atoms with Crippen molar-refractivity contribution in [3.63, 3.8) is 0 Å². The van der Waals surface area contributed by atoms with E-state index in [1.54, 1.807) is 0 Å². The molecule has 102 valence electrons. The predicted octanol–water partition coefficient (Wildman–Crippen LogP) is 2.93. The largest absolute Gasteiger partial charge is 0.316 e. The molecule has 0 aliphatic rings. The normalized spacial score (nSPS) is 11.4. The van der Waals surface area contributed by atoms with E-state index in [0.717, 1.165) is 32.1 Å². The lowest BCUT2D eigenvalue weighted by molar-refractivity contribution is 0.325. The molecule has 0 aliphatic carbocycles. The second kappa shape index (κ2) is 8.28. The number of nitrogens with zero attached hydrogens (tertiary/aromatic N) is 1. The smallest absolute Gasteiger partial charge is 0.0231 e. The monoisotopic (exact) mass is 248 g/mol. The van der Waals surface area contributed by atoms with Crippen LogP contribution >= 0.6 is 0 Å². The van der Waals surface area contributed by atoms with Gasteiger partial charge in [-0.25, -0.2) is 0 Å². The zero-order valence-electron chi connectivity index (χ0n) is 12.4. The summed E-state index contributed by atoms with van der Waals surface area (Å²) in [5.41, 5.74) is 2.85. The lowest BCUT2D eigenvalue weighted by Crippen LogP contribution is -2.28. The van der Waals surface area contributed by atoms with Gasteiger partial charge in [-0.15, -0.1) is 0 Å². The van der Waals surface area contributed by atoms with Crippen LogP contribution in [0.25, 0.3) is 0 Å². The number of nitrogens with one attached hydrogen (secondary N) is 1. The van der Waals surface area contributed by atoms with Crippen LogP contribution in [-0.2, 0) is 13.0 Å². The van der Waals surface area contributed by atoms with E-state index in [2.05, 4.69) is 62.3 Å². The zero-order valence-corrected chi connectivity index (χ0v) is 12.4. The van der Waals surface area contributed by atoms with E-state index in [1.165, 1.54) is 17.5 Å². The second-order valence-corrected chi connectivity index (χ2v) is 5.51. The molecule has 0 bridgehead atoms. The first-order valence-electron chi connectivity index (χ1n) is 7.09. The quantitative estimate of drug-likeness (QED) is 0.712. The molecule has 18 heavy (non-hydrogen) atoms. The van der Waals surface area contributed by atoms with E-state index < -0.39 is 0 Å². The Balaban J connectivity index is 2.38. The highest BCUT2D eigenvalue weighted by molar-refractivity contribution is 5.22. The van der Waals surface area contributed by atoms with Gasteiger partial charge in [0.25, 0.3) is 0 Å². The van der Waals surface area contributed by atoms with Crippen LogP contribution in [0, 0.1) is 5.92 Å². The van der Waals surface area contributed by atoms with E-state index in [9.17, 15) is 0 Å². The summed E-state index contributed by atoms with van der Waals surface area (Å²) in [6.45, 7) is 10.9. The van der Waals surface area contributed by atoms with Crippen molar-refractivity contribution in [3.8, 4) is 0 Å². The Kier molecular flexibility index (Phi) is 6.99. The Labute approximate surface area is 112 Å². The van der Waals surface area contributed by atoms with Crippen molar-refractivity contribution in [1.29, 1.82) is 0 Å². The Morgan fingerprint density at radius 1 is 1.11 bits per heavy atom. The fourth-order valence-corrected chi connectivity index (χ4v) is 2.09. The van der Waals surface area contributed by atoms with Crippen molar-refractivity contribution in [2.75, 3.05) is 26.7 Å². The van der Waals surface area contributed by atoms with Gasteiger partial charge in [0.15, 0.2) is 0 Å². The standard InChI is InChI=1S/C16H28N2/c1-5-17-10-11-18(4)13-16-8-6-15(7-9-16)12-14(2)3/h6-9,14,17H,5,10-13H2,1-4H3. The third-order valence-electron chi connectivity index (χ3n) is 3.04. The summed E-state index contributed by atoms with van der Waals surface area (Å²) in [6, 6.07) is 9.07. The average molecular weight is 248 g/mol. The Hall–Kier alpha value is -0.860. The van der Waals surface area contributed by atoms with E-state index >= 15 is 0 Å². The second-order valence-electron chi connectivity index (χ2n) is 5.51. The molecule has 0 atom stereocenters. The van der Waals surface area contributed by atoms with Crippen LogP contribution in [0.4, 0.5) is 0 Å². The molecule has 1 N–H and O–H groups in total. The summed E-state index contributed by atoms with van der Waals surface area (Å²) in [5.74, 6) is 0.735. The van der Waals surface area contributed by atoms with Crippen LogP contribution in [0.5, 0.6) is 0 Å². The van der Waals surface area contributed by atoms with Crippen LogP contribution in [0.15, 0.2) is 24.3 Å². The summed E-state index contributed by atoms with van der Waals surface area (Å²) in [7, 11) is 2.18. The molecule has 1 rings (SSSR count). The molecule has 0 saturated heterocycles. The van der Waals surface area contributed by atoms with Gasteiger partial charge in [0.2, 0.25) is 0 Å². The molecule has 0 amide bonds. The molecule has 0 aliphatic heterocycles. The van der Waals surface area contributed by atoms with Crippen LogP contribution in [0.2, 0.25) is 0 Å². The number of benzene rings is 1. The van der Waals surface area contributed by atoms with Crippen molar-refractivity contribution in [3.05, 3.63) is 35.4 Å². The minimum absolute atomic E-state index is 0.735. The topological polar surface area (TPSA) is 15.3 Å². The fourth-order valence-electron chi connectivity index (χ4n) is 2.09. The van der Waals surface area contributed by atoms with E-state index in [-0.39, 0.29) is 0 Å². The predicted molar refractivity (Wildman–Crippen MR) is 79.9 cm³/mol. The molecule has 0 saturated carbocycles. The number of rotatable bonds is 8. The van der Waals surface area contributed by atoms with Gasteiger partial charge in [0.05, 0.1) is 0 Å². The van der Waals surface area contributed by atoms with Crippen LogP contribution in [-0.4, -0.2) is 31.6 Å². The fraction of sp³-hybridized carbons (Fsp3) is 0.625. The summed E-state index contributed by atoms with van der Waals surface area (Å²) in [6.07, 6.45) is 1.18. The van der Waals surface area contributed by atoms with Gasteiger partial charge in [-0.2, -0.15) is 0 Å². The SMILES string of the molecule is CCNCCN(C)Cc1ccc(CC(C)C)cc1. The lowest BCUT2D eigenvalue weighted by Gasteiger charge is -2.17. The van der Waals surface area contributed by atoms with Gasteiger partial charge < -0.3 is 10.2 Å². The number of hydrogen-bond acceptors (Lipinski definition) is 2. The van der Waals surface area contributed by atoms with E-state index in [4.69, 9.17) is 0 Å². The van der Waals surface area contributed by atoms with Gasteiger partial charge in [0, 0.05) is 19.6 Å². The molecule has 1 aromatic carbocycles. The highest BCUT2D eigenvalue weighted by Crippen LogP contribution is 2.10. The Morgan fingerprint density at radius 3 is 2.28 bits per heavy atom. The Bertz CT molecular complexity index is 316. The maximum absolute atomic E-state index is 3.35. The molecule has 0 spiro atoms. The van der Waals surface area contributed by atoms with Gasteiger partial charge in [-0.1, -0.05) is 45.0 Å². The van der Waals surface area contributed by atoms with Crippen molar-refractivity contribution >= 4 is 0 Å². The molecule has 0 fully saturated rings. The molecule has 0 heterocycles. The average Bonchev–Trinajstić information content (AvgIpc) is 2.31. The molecule has 0 unspecified atom stereocenters. The highest BCUT2D eigenvalue weighted by atomic mass is 15.1. The molecule has 2 heteroatoms. The van der Waals surface area contributed by atoms with E-state index in [1.807, 2.05) is 0 Å². The maximum atomic E-state index is 3.35. The Morgan fingerprint density at radius 2 is 1.72 bits per heavy atom. The molecule has 1 aromatic rings. The maximum Gasteiger partial charge on any atom is 0.0231 e. The zero-order chi connectivity index (χ0) is 13.4.